The zero-order valence-electron chi connectivity index (χ0n) is 19.5. The lowest BCUT2D eigenvalue weighted by molar-refractivity contribution is -0.126. The molecule has 1 saturated heterocycles. The Morgan fingerprint density at radius 3 is 2.18 bits per heavy atom. The summed E-state index contributed by atoms with van der Waals surface area (Å²) >= 11 is 0. The molecule has 33 heavy (non-hydrogen) atoms. The van der Waals surface area contributed by atoms with Gasteiger partial charge < -0.3 is 10.2 Å². The summed E-state index contributed by atoms with van der Waals surface area (Å²) in [5.74, 6) is 0.0489. The van der Waals surface area contributed by atoms with Crippen LogP contribution in [0.1, 0.15) is 38.4 Å². The number of carbonyl (C=O) groups excluding carboxylic acids is 1. The van der Waals surface area contributed by atoms with Gasteiger partial charge in [0.2, 0.25) is 5.91 Å². The molecule has 1 unspecified atom stereocenters. The second kappa shape index (κ2) is 10.0. The minimum absolute atomic E-state index is 0.0489. The van der Waals surface area contributed by atoms with Crippen molar-refractivity contribution in [3.8, 4) is 5.69 Å². The standard InChI is InChI=1S/C25H32N6O2/c1-4-26-24(32)23(20-8-6-5-7-9-20)29-16-14-28(15-17-29)21-10-12-22(13-11-21)31-25(33)30(18-27-31)19(2)3/h5-13,18-19,23H,4,14-17H2,1-3H3,(H,26,32). The highest BCUT2D eigenvalue weighted by atomic mass is 16.2. The van der Waals surface area contributed by atoms with E-state index in [1.807, 2.05) is 75.4 Å². The number of nitrogens with zero attached hydrogens (tertiary/aromatic N) is 5. The molecule has 0 aliphatic carbocycles. The maximum atomic E-state index is 12.8. The topological polar surface area (TPSA) is 75.4 Å². The molecule has 0 radical (unpaired) electrons. The average Bonchev–Trinajstić information content (AvgIpc) is 3.22. The van der Waals surface area contributed by atoms with E-state index < -0.39 is 0 Å². The van der Waals surface area contributed by atoms with Gasteiger partial charge >= 0.3 is 5.69 Å². The molecule has 3 aromatic rings. The number of hydrogen-bond donors (Lipinski definition) is 1. The van der Waals surface area contributed by atoms with Gasteiger partial charge in [0.15, 0.2) is 0 Å². The van der Waals surface area contributed by atoms with E-state index in [4.69, 9.17) is 0 Å². The number of anilines is 1. The Labute approximate surface area is 194 Å². The Balaban J connectivity index is 1.45. The molecule has 0 saturated carbocycles. The van der Waals surface area contributed by atoms with Gasteiger partial charge in [0, 0.05) is 44.5 Å². The molecular formula is C25H32N6O2. The van der Waals surface area contributed by atoms with Crippen LogP contribution in [0.2, 0.25) is 0 Å². The highest BCUT2D eigenvalue weighted by Gasteiger charge is 2.30. The third kappa shape index (κ3) is 4.85. The van der Waals surface area contributed by atoms with E-state index in [9.17, 15) is 9.59 Å². The number of piperazine rings is 1. The van der Waals surface area contributed by atoms with Gasteiger partial charge in [-0.25, -0.2) is 4.79 Å². The van der Waals surface area contributed by atoms with E-state index in [2.05, 4.69) is 20.2 Å². The first-order valence-electron chi connectivity index (χ1n) is 11.6. The number of rotatable bonds is 7. The Hall–Kier alpha value is -3.39. The molecule has 1 atom stereocenters. The highest BCUT2D eigenvalue weighted by molar-refractivity contribution is 5.83. The Bertz CT molecular complexity index is 1110. The summed E-state index contributed by atoms with van der Waals surface area (Å²) in [7, 11) is 0. The first-order chi connectivity index (χ1) is 16.0. The van der Waals surface area contributed by atoms with Crippen LogP contribution in [0.5, 0.6) is 0 Å². The van der Waals surface area contributed by atoms with Crippen LogP contribution in [0.4, 0.5) is 5.69 Å². The molecule has 2 heterocycles. The van der Waals surface area contributed by atoms with Crippen LogP contribution in [-0.2, 0) is 4.79 Å². The number of aromatic nitrogens is 3. The van der Waals surface area contributed by atoms with Crippen molar-refractivity contribution in [3.63, 3.8) is 0 Å². The molecular weight excluding hydrogens is 416 g/mol. The number of benzene rings is 2. The quantitative estimate of drug-likeness (QED) is 0.601. The normalized spacial score (nSPS) is 15.6. The lowest BCUT2D eigenvalue weighted by Gasteiger charge is -2.39. The van der Waals surface area contributed by atoms with E-state index in [-0.39, 0.29) is 23.7 Å². The number of amides is 1. The Morgan fingerprint density at radius 2 is 1.61 bits per heavy atom. The van der Waals surface area contributed by atoms with Crippen LogP contribution < -0.4 is 15.9 Å². The van der Waals surface area contributed by atoms with Gasteiger partial charge in [-0.2, -0.15) is 9.78 Å². The third-order valence-electron chi connectivity index (χ3n) is 6.10. The largest absolute Gasteiger partial charge is 0.369 e. The molecule has 1 amide bonds. The average molecular weight is 449 g/mol. The molecule has 1 N–H and O–H groups in total. The smallest absolute Gasteiger partial charge is 0.350 e. The van der Waals surface area contributed by atoms with Crippen LogP contribution in [0, 0.1) is 0 Å². The molecule has 1 aliphatic heterocycles. The summed E-state index contributed by atoms with van der Waals surface area (Å²) in [6, 6.07) is 17.7. The van der Waals surface area contributed by atoms with Crippen LogP contribution in [-0.4, -0.2) is 57.9 Å². The predicted molar refractivity (Wildman–Crippen MR) is 130 cm³/mol. The van der Waals surface area contributed by atoms with Crippen molar-refractivity contribution in [1.29, 1.82) is 0 Å². The highest BCUT2D eigenvalue weighted by Crippen LogP contribution is 2.25. The van der Waals surface area contributed by atoms with Crippen molar-refractivity contribution in [2.45, 2.75) is 32.9 Å². The van der Waals surface area contributed by atoms with Gasteiger partial charge in [-0.05, 0) is 50.6 Å². The first kappa shape index (κ1) is 22.8. The minimum atomic E-state index is -0.279. The van der Waals surface area contributed by atoms with E-state index in [0.29, 0.717) is 6.54 Å². The summed E-state index contributed by atoms with van der Waals surface area (Å²) < 4.78 is 3.05. The van der Waals surface area contributed by atoms with E-state index in [1.165, 1.54) is 4.68 Å². The molecule has 1 aliphatic rings. The molecule has 8 nitrogen and oxygen atoms in total. The lowest BCUT2D eigenvalue weighted by Crippen LogP contribution is -2.51. The second-order valence-corrected chi connectivity index (χ2v) is 8.57. The second-order valence-electron chi connectivity index (χ2n) is 8.57. The van der Waals surface area contributed by atoms with Gasteiger partial charge in [0.1, 0.15) is 12.4 Å². The van der Waals surface area contributed by atoms with Crippen molar-refractivity contribution in [2.24, 2.45) is 0 Å². The summed E-state index contributed by atoms with van der Waals surface area (Å²) in [6.45, 7) is 9.71. The maximum Gasteiger partial charge on any atom is 0.350 e. The van der Waals surface area contributed by atoms with Gasteiger partial charge in [-0.3, -0.25) is 14.3 Å². The number of nitrogens with one attached hydrogen (secondary N) is 1. The van der Waals surface area contributed by atoms with Crippen molar-refractivity contribution < 1.29 is 4.79 Å². The van der Waals surface area contributed by atoms with Gasteiger partial charge in [-0.1, -0.05) is 30.3 Å². The van der Waals surface area contributed by atoms with Crippen molar-refractivity contribution in [1.82, 2.24) is 24.6 Å². The fourth-order valence-electron chi connectivity index (χ4n) is 4.32. The molecule has 8 heteroatoms. The summed E-state index contributed by atoms with van der Waals surface area (Å²) in [5, 5.41) is 7.24. The van der Waals surface area contributed by atoms with Crippen LogP contribution >= 0.6 is 0 Å². The van der Waals surface area contributed by atoms with E-state index in [0.717, 1.165) is 43.1 Å². The summed E-state index contributed by atoms with van der Waals surface area (Å²) in [6.07, 6.45) is 1.58. The zero-order chi connectivity index (χ0) is 23.4. The monoisotopic (exact) mass is 448 g/mol. The van der Waals surface area contributed by atoms with Crippen LogP contribution in [0.25, 0.3) is 5.69 Å². The zero-order valence-corrected chi connectivity index (χ0v) is 19.5. The van der Waals surface area contributed by atoms with Gasteiger partial charge in [0.05, 0.1) is 5.69 Å². The summed E-state index contributed by atoms with van der Waals surface area (Å²) in [5.41, 5.74) is 2.74. The molecule has 0 spiro atoms. The molecule has 4 rings (SSSR count). The number of carbonyl (C=O) groups is 1. The van der Waals surface area contributed by atoms with Crippen molar-refractivity contribution in [3.05, 3.63) is 77.0 Å². The van der Waals surface area contributed by atoms with Crippen molar-refractivity contribution in [2.75, 3.05) is 37.6 Å². The maximum absolute atomic E-state index is 12.8. The van der Waals surface area contributed by atoms with Crippen molar-refractivity contribution >= 4 is 11.6 Å². The lowest BCUT2D eigenvalue weighted by atomic mass is 10.0. The molecule has 0 bridgehead atoms. The van der Waals surface area contributed by atoms with E-state index in [1.54, 1.807) is 10.9 Å². The molecule has 1 aromatic heterocycles. The fraction of sp³-hybridized carbons (Fsp3) is 0.400. The Kier molecular flexibility index (Phi) is 6.93. The number of likely N-dealkylation sites (N-methyl/N-ethyl adjacent to an activating group) is 1. The SMILES string of the molecule is CCNC(=O)C(c1ccccc1)N1CCN(c2ccc(-n3ncn(C(C)C)c3=O)cc2)CC1. The minimum Gasteiger partial charge on any atom is -0.369 e. The first-order valence-corrected chi connectivity index (χ1v) is 11.6. The third-order valence-corrected chi connectivity index (χ3v) is 6.10. The number of hydrogen-bond acceptors (Lipinski definition) is 5. The molecule has 1 fully saturated rings. The molecule has 174 valence electrons. The van der Waals surface area contributed by atoms with Gasteiger partial charge in [-0.15, -0.1) is 0 Å². The Morgan fingerprint density at radius 1 is 0.970 bits per heavy atom. The fourth-order valence-corrected chi connectivity index (χ4v) is 4.32. The van der Waals surface area contributed by atoms with E-state index >= 15 is 0 Å². The van der Waals surface area contributed by atoms with Crippen LogP contribution in [0.15, 0.2) is 65.7 Å². The summed E-state index contributed by atoms with van der Waals surface area (Å²) in [4.78, 5) is 29.9. The van der Waals surface area contributed by atoms with Gasteiger partial charge in [0.25, 0.3) is 0 Å². The predicted octanol–water partition coefficient (Wildman–Crippen LogP) is 2.61. The molecule has 2 aromatic carbocycles. The van der Waals surface area contributed by atoms with Crippen LogP contribution in [0.3, 0.4) is 0 Å².